The van der Waals surface area contributed by atoms with Gasteiger partial charge in [0.1, 0.15) is 42.4 Å². The Labute approximate surface area is 288 Å². The van der Waals surface area contributed by atoms with Crippen LogP contribution >= 0.6 is 15.6 Å². The quantitative estimate of drug-likeness (QED) is 0.0562. The zero-order valence-electron chi connectivity index (χ0n) is 26.2. The van der Waals surface area contributed by atoms with Gasteiger partial charge in [0.15, 0.2) is 41.7 Å². The lowest BCUT2D eigenvalue weighted by Crippen LogP contribution is -2.46. The number of fused-ring (bicyclic) bond motifs is 1. The number of phosphoric acid groups is 2. The predicted molar refractivity (Wildman–Crippen MR) is 167 cm³/mol. The minimum Gasteiger partial charge on any atom is -0.756 e. The monoisotopic (exact) mass is 753 g/mol. The van der Waals surface area contributed by atoms with Crippen LogP contribution in [0.2, 0.25) is 0 Å². The molecule has 1 aromatic carbocycles. The molecule has 2 aliphatic rings. The van der Waals surface area contributed by atoms with Crippen molar-refractivity contribution in [3.05, 3.63) is 78.6 Å². The van der Waals surface area contributed by atoms with Crippen molar-refractivity contribution in [1.82, 2.24) is 19.5 Å². The second kappa shape index (κ2) is 15.1. The molecule has 274 valence electrons. The minimum absolute atomic E-state index is 0.0604. The fraction of sp³-hybridized carbons (Fsp3) is 0.393. The van der Waals surface area contributed by atoms with Gasteiger partial charge in [-0.05, 0) is 11.6 Å². The number of imidazole rings is 1. The zero-order valence-corrected chi connectivity index (χ0v) is 28.0. The number of primary amides is 1. The first-order chi connectivity index (χ1) is 24.2. The summed E-state index contributed by atoms with van der Waals surface area (Å²) in [7, 11) is -11.1. The maximum absolute atomic E-state index is 12.6. The Balaban J connectivity index is 1.03. The van der Waals surface area contributed by atoms with E-state index in [-0.39, 0.29) is 11.2 Å². The van der Waals surface area contributed by atoms with Gasteiger partial charge in [-0.3, -0.25) is 18.5 Å². The molecule has 23 heteroatoms. The Kier molecular flexibility index (Phi) is 10.9. The van der Waals surface area contributed by atoms with Gasteiger partial charge < -0.3 is 55.3 Å². The molecule has 51 heavy (non-hydrogen) atoms. The van der Waals surface area contributed by atoms with E-state index >= 15 is 0 Å². The number of phosphoric ester groups is 2. The first-order valence-electron chi connectivity index (χ1n) is 15.2. The van der Waals surface area contributed by atoms with Crippen LogP contribution in [0.5, 0.6) is 0 Å². The van der Waals surface area contributed by atoms with E-state index in [0.717, 1.165) is 5.56 Å². The molecule has 0 aliphatic carbocycles. The topological polar surface area (TPSA) is 307 Å². The van der Waals surface area contributed by atoms with Gasteiger partial charge in [-0.1, -0.05) is 30.3 Å². The molecule has 8 N–H and O–H groups in total. The van der Waals surface area contributed by atoms with Crippen molar-refractivity contribution in [3.63, 3.8) is 0 Å². The van der Waals surface area contributed by atoms with Gasteiger partial charge in [-0.2, -0.15) is 4.57 Å². The molecule has 4 aromatic rings. The lowest BCUT2D eigenvalue weighted by atomic mass is 10.1. The SMILES string of the molecule is NC(=O)c1ccc[n+]([C@@H]2O[C@H](COP(=O)([O-])OP(=O)(O)OC[C@H]3O[C@@H](n4cnc5c(NCc6ccccc6)ncnc54)[C@H](O)[C@@H]3O)[C@@H](O)[C@H]2O)c1. The number of pyridine rings is 1. The fourth-order valence-electron chi connectivity index (χ4n) is 5.46. The molecule has 2 fully saturated rings. The number of aliphatic hydroxyl groups is 4. The number of nitrogens with zero attached hydrogens (tertiary/aromatic N) is 5. The lowest BCUT2D eigenvalue weighted by Gasteiger charge is -2.26. The van der Waals surface area contributed by atoms with Crippen molar-refractivity contribution >= 4 is 38.5 Å². The molecule has 21 nitrogen and oxygen atoms in total. The molecule has 10 atom stereocenters. The number of nitrogens with one attached hydrogen (secondary N) is 1. The van der Waals surface area contributed by atoms with Crippen LogP contribution in [0.4, 0.5) is 5.82 Å². The van der Waals surface area contributed by atoms with Crippen molar-refractivity contribution in [1.29, 1.82) is 0 Å². The average molecular weight is 754 g/mol. The van der Waals surface area contributed by atoms with Crippen LogP contribution in [0.3, 0.4) is 0 Å². The van der Waals surface area contributed by atoms with E-state index in [2.05, 4.69) is 29.1 Å². The standard InChI is InChI=1S/C28H33N7O14P2/c29-24(40)16-7-4-8-34(10-16)27-22(38)20(36)17(47-27)11-45-50(41,42)49-51(43,44)46-12-18-21(37)23(39)28(48-18)35-14-33-19-25(31-13-32-26(19)35)30-9-15-5-2-1-3-6-15/h1-8,10,13-14,17-18,20-23,27-28,36-39H,9,11-12H2,(H4-,29,30,31,32,40,41,42,43,44)/t17-,18-,20-,21-,22-,23-,27-,28-/m1/s1. The molecular weight excluding hydrogens is 720 g/mol. The highest BCUT2D eigenvalue weighted by Crippen LogP contribution is 2.58. The second-order valence-corrected chi connectivity index (χ2v) is 14.5. The molecule has 5 heterocycles. The molecule has 1 amide bonds. The maximum atomic E-state index is 12.6. The molecule has 2 aliphatic heterocycles. The molecule has 3 aromatic heterocycles. The summed E-state index contributed by atoms with van der Waals surface area (Å²) < 4.78 is 52.3. The largest absolute Gasteiger partial charge is 0.756 e. The number of carbonyl (C=O) groups is 1. The van der Waals surface area contributed by atoms with Crippen LogP contribution < -0.4 is 20.5 Å². The highest BCUT2D eigenvalue weighted by atomic mass is 31.3. The average Bonchev–Trinajstić information content (AvgIpc) is 3.75. The summed E-state index contributed by atoms with van der Waals surface area (Å²) in [5.41, 5.74) is 6.86. The Hall–Kier alpha value is -3.79. The molecule has 2 unspecified atom stereocenters. The molecule has 6 rings (SSSR count). The summed E-state index contributed by atoms with van der Waals surface area (Å²) in [5, 5.41) is 45.3. The number of anilines is 1. The normalized spacial score (nSPS) is 28.7. The Bertz CT molecular complexity index is 1960. The van der Waals surface area contributed by atoms with Crippen LogP contribution in [-0.4, -0.2) is 101 Å². The van der Waals surface area contributed by atoms with Crippen LogP contribution in [-0.2, 0) is 38.5 Å². The highest BCUT2D eigenvalue weighted by molar-refractivity contribution is 7.60. The third kappa shape index (κ3) is 8.32. The van der Waals surface area contributed by atoms with Crippen molar-refractivity contribution in [2.45, 2.75) is 55.6 Å². The summed E-state index contributed by atoms with van der Waals surface area (Å²) in [6.07, 6.45) is -6.88. The molecule has 0 spiro atoms. The molecule has 0 bridgehead atoms. The van der Waals surface area contributed by atoms with Gasteiger partial charge in [0.25, 0.3) is 20.0 Å². The Morgan fingerprint density at radius 1 is 0.961 bits per heavy atom. The lowest BCUT2D eigenvalue weighted by molar-refractivity contribution is -0.765. The van der Waals surface area contributed by atoms with Crippen LogP contribution in [0.25, 0.3) is 11.2 Å². The van der Waals surface area contributed by atoms with Gasteiger partial charge in [-0.15, -0.1) is 0 Å². The van der Waals surface area contributed by atoms with Crippen molar-refractivity contribution in [3.8, 4) is 0 Å². The summed E-state index contributed by atoms with van der Waals surface area (Å²) in [6.45, 7) is -1.46. The first kappa shape index (κ1) is 37.0. The maximum Gasteiger partial charge on any atom is 0.478 e. The third-order valence-corrected chi connectivity index (χ3v) is 10.6. The van der Waals surface area contributed by atoms with E-state index in [1.165, 1.54) is 46.3 Å². The van der Waals surface area contributed by atoms with Crippen LogP contribution in [0, 0.1) is 0 Å². The Morgan fingerprint density at radius 2 is 1.67 bits per heavy atom. The molecule has 2 saturated heterocycles. The van der Waals surface area contributed by atoms with E-state index in [4.69, 9.17) is 19.7 Å². The van der Waals surface area contributed by atoms with Gasteiger partial charge in [0.2, 0.25) is 0 Å². The van der Waals surface area contributed by atoms with Gasteiger partial charge in [0, 0.05) is 12.6 Å². The number of hydrogen-bond acceptors (Lipinski definition) is 17. The first-order valence-corrected chi connectivity index (χ1v) is 18.1. The van der Waals surface area contributed by atoms with Crippen molar-refractivity contribution in [2.75, 3.05) is 18.5 Å². The van der Waals surface area contributed by atoms with E-state index < -0.39 is 83.8 Å². The van der Waals surface area contributed by atoms with Gasteiger partial charge in [-0.25, -0.2) is 23.8 Å². The third-order valence-electron chi connectivity index (χ3n) is 8.01. The van der Waals surface area contributed by atoms with Gasteiger partial charge >= 0.3 is 7.82 Å². The predicted octanol–water partition coefficient (Wildman–Crippen LogP) is -1.62. The smallest absolute Gasteiger partial charge is 0.478 e. The number of rotatable bonds is 14. The minimum atomic E-state index is -5.64. The second-order valence-electron chi connectivity index (χ2n) is 11.5. The number of benzene rings is 1. The Morgan fingerprint density at radius 3 is 2.41 bits per heavy atom. The molecule has 0 radical (unpaired) electrons. The van der Waals surface area contributed by atoms with E-state index in [1.807, 2.05) is 30.3 Å². The number of carbonyl (C=O) groups excluding carboxylic acids is 1. The number of amides is 1. The van der Waals surface area contributed by atoms with E-state index in [0.29, 0.717) is 17.9 Å². The fourth-order valence-corrected chi connectivity index (χ4v) is 7.51. The number of hydrogen-bond donors (Lipinski definition) is 7. The molecule has 0 saturated carbocycles. The highest BCUT2D eigenvalue weighted by Gasteiger charge is 2.49. The number of ether oxygens (including phenoxy) is 2. The summed E-state index contributed by atoms with van der Waals surface area (Å²) in [4.78, 5) is 46.8. The number of nitrogens with two attached hydrogens (primary N) is 1. The number of aromatic nitrogens is 5. The summed E-state index contributed by atoms with van der Waals surface area (Å²) in [5.74, 6) is -0.386. The number of aliphatic hydroxyl groups excluding tert-OH is 4. The van der Waals surface area contributed by atoms with Gasteiger partial charge in [0.05, 0.1) is 19.5 Å². The van der Waals surface area contributed by atoms with E-state index in [1.54, 1.807) is 0 Å². The van der Waals surface area contributed by atoms with Crippen molar-refractivity contribution in [2.24, 2.45) is 5.73 Å². The summed E-state index contributed by atoms with van der Waals surface area (Å²) in [6, 6.07) is 12.3. The summed E-state index contributed by atoms with van der Waals surface area (Å²) >= 11 is 0. The molecular formula is C28H33N7O14P2. The van der Waals surface area contributed by atoms with E-state index in [9.17, 15) is 44.1 Å². The van der Waals surface area contributed by atoms with Crippen LogP contribution in [0.15, 0.2) is 67.5 Å². The van der Waals surface area contributed by atoms with Crippen LogP contribution in [0.1, 0.15) is 28.4 Å². The zero-order chi connectivity index (χ0) is 36.5. The van der Waals surface area contributed by atoms with Crippen molar-refractivity contribution < 1.29 is 71.5 Å².